The molecule has 5 unspecified atom stereocenters. The van der Waals surface area contributed by atoms with E-state index >= 15 is 0 Å². The maximum atomic E-state index is 11.8. The average Bonchev–Trinajstić information content (AvgIpc) is 1.68. The summed E-state index contributed by atoms with van der Waals surface area (Å²) in [7, 11) is 1.44. The van der Waals surface area contributed by atoms with Gasteiger partial charge in [-0.3, -0.25) is 24.5 Å². The van der Waals surface area contributed by atoms with E-state index in [0.717, 1.165) is 0 Å². The molecule has 10 aliphatic rings. The Morgan fingerprint density at radius 2 is 0.695 bits per heavy atom. The number of esters is 3. The molecule has 10 aliphatic heterocycles. The van der Waals surface area contributed by atoms with Crippen LogP contribution in [0.15, 0.2) is 142 Å². The lowest BCUT2D eigenvalue weighted by Gasteiger charge is -2.27. The second-order valence-electron chi connectivity index (χ2n) is 25.9. The van der Waals surface area contributed by atoms with Crippen LogP contribution in [0.5, 0.6) is 0 Å². The summed E-state index contributed by atoms with van der Waals surface area (Å²) in [5, 5.41) is 70.4. The van der Waals surface area contributed by atoms with Crippen molar-refractivity contribution in [3.63, 3.8) is 0 Å². The van der Waals surface area contributed by atoms with Crippen LogP contribution in [0.4, 0.5) is 21.2 Å². The number of guanidine groups is 5. The molecule has 5 fully saturated rings. The van der Waals surface area contributed by atoms with Crippen LogP contribution in [0.3, 0.4) is 0 Å². The summed E-state index contributed by atoms with van der Waals surface area (Å²) >= 11 is 7.35. The minimum Gasteiger partial charge on any atom is -0.464 e. The second kappa shape index (κ2) is 44.1. The average molecular weight is 1740 g/mol. The van der Waals surface area contributed by atoms with Crippen molar-refractivity contribution in [1.29, 1.82) is 0 Å². The van der Waals surface area contributed by atoms with Crippen LogP contribution >= 0.6 is 58.8 Å². The number of ether oxygens (including phenoxy) is 7. The zero-order valence-electron chi connectivity index (χ0n) is 64.3. The second-order valence-corrected chi connectivity index (χ2v) is 33.1. The highest BCUT2D eigenvalue weighted by molar-refractivity contribution is 8.01. The van der Waals surface area contributed by atoms with E-state index < -0.39 is 52.7 Å². The maximum Gasteiger partial charge on any atom is 0.508 e. The number of hydrogen-bond donors (Lipinski definition) is 10. The fourth-order valence-corrected chi connectivity index (χ4v) is 18.6. The number of aliphatic imine (C=N–C) groups is 10. The lowest BCUT2D eigenvalue weighted by molar-refractivity contribution is -0.396. The number of carbonyl (C=O) groups excluding carboxylic acids is 5. The SMILES string of the molecule is C=C1N=C(N)N=CN1[C@H]1CC(O)[C@@H](COC(=O)CC)S1.C=C1N=C(N)N=CN1[C@H]1CC(O)[C@@H](COC(=O)CC)S1.C=C1N=C(N)N=CN1[C@H]1CC(O)[C@@H](COC(=O)CC)S1.C=C1N=C(N)N=CN1[C@H]1CC(O)[C@@H](COC(=O)OCc2ccc([N+](=O)[O-])cc2)S1.C=C1N=C(N)N=CN1[C@H]1CC(O)[C@@H](COC(=O)OCc2cnc([N+](=O)[O-])n2C)S1. The number of carbonyl (C=O) groups is 5. The predicted octanol–water partition coefficient (Wildman–Crippen LogP) is 2.66. The number of nitro benzene ring substituents is 1. The van der Waals surface area contributed by atoms with Gasteiger partial charge in [0, 0.05) is 63.5 Å². The van der Waals surface area contributed by atoms with Gasteiger partial charge in [-0.15, -0.1) is 58.8 Å². The van der Waals surface area contributed by atoms with Crippen LogP contribution in [0.2, 0.25) is 0 Å². The lowest BCUT2D eigenvalue weighted by Crippen LogP contribution is -2.33. The Balaban J connectivity index is 0.000000186. The normalized spacial score (nSPS) is 26.7. The minimum absolute atomic E-state index is 0.0374. The fourth-order valence-electron chi connectivity index (χ4n) is 11.4. The van der Waals surface area contributed by atoms with Crippen molar-refractivity contribution in [3.05, 3.63) is 124 Å². The van der Waals surface area contributed by atoms with Gasteiger partial charge in [0.05, 0.1) is 95.6 Å². The topological polar surface area (TPSA) is 625 Å². The van der Waals surface area contributed by atoms with Crippen molar-refractivity contribution in [2.75, 3.05) is 33.0 Å². The zero-order valence-corrected chi connectivity index (χ0v) is 68.4. The van der Waals surface area contributed by atoms with E-state index in [1.54, 1.807) is 64.3 Å². The van der Waals surface area contributed by atoms with Gasteiger partial charge in [0.1, 0.15) is 107 Å². The summed E-state index contributed by atoms with van der Waals surface area (Å²) in [6, 6.07) is 5.64. The summed E-state index contributed by atoms with van der Waals surface area (Å²) in [4.78, 5) is 129. The van der Waals surface area contributed by atoms with E-state index in [4.69, 9.17) is 61.8 Å². The zero-order chi connectivity index (χ0) is 86.2. The van der Waals surface area contributed by atoms with E-state index in [1.807, 2.05) is 0 Å². The van der Waals surface area contributed by atoms with Gasteiger partial charge >= 0.3 is 36.2 Å². The van der Waals surface area contributed by atoms with Crippen molar-refractivity contribution >= 4 is 162 Å². The number of aliphatic hydroxyl groups excluding tert-OH is 5. The number of aliphatic hydroxyl groups is 5. The molecule has 0 aliphatic carbocycles. The summed E-state index contributed by atoms with van der Waals surface area (Å²) in [5.74, 6) is 1.90. The lowest BCUT2D eigenvalue weighted by atomic mass is 10.2. The van der Waals surface area contributed by atoms with Gasteiger partial charge in [-0.05, 0) is 22.6 Å². The van der Waals surface area contributed by atoms with E-state index in [1.165, 1.54) is 114 Å². The number of aromatic nitrogens is 2. The van der Waals surface area contributed by atoms with Crippen LogP contribution in [-0.4, -0.2) is 278 Å². The number of thioether (sulfide) groups is 5. The Hall–Kier alpha value is -10.9. The van der Waals surface area contributed by atoms with Gasteiger partial charge in [-0.25, -0.2) is 39.1 Å². The molecule has 1 aromatic carbocycles. The van der Waals surface area contributed by atoms with E-state index in [2.05, 4.69) is 87.8 Å². The molecule has 0 spiro atoms. The number of rotatable bonds is 24. The first-order valence-corrected chi connectivity index (χ1v) is 40.7. The van der Waals surface area contributed by atoms with Crippen molar-refractivity contribution in [2.24, 2.45) is 85.6 Å². The van der Waals surface area contributed by atoms with Crippen LogP contribution in [-0.2, 0) is 67.8 Å². The molecule has 45 nitrogen and oxygen atoms in total. The number of nitro groups is 2. The summed E-state index contributed by atoms with van der Waals surface area (Å²) in [6.07, 6.45) is 7.46. The van der Waals surface area contributed by atoms with Crippen LogP contribution in [0, 0.1) is 20.2 Å². The standard InChI is InChI=1S/C17H19N5O6S.C15H19N7O6S.3C12H18N4O3S/c1-10-20-16(18)19-9-21(10)15-6-13(23)14(29-15)8-28-17(24)27-7-11-2-4-12(5-3-11)22(25)26;1-8-19-13(16)18-7-21(8)12-3-10(23)11(29-12)6-28-15(24)27-5-9-4-17-14(20(9)2)22(25)26;3*1-3-11(18)19-5-9-8(17)4-10(20-9)16-6-14-12(13)15-7(16)2/h2-5,9,13-15,23H,1,6-8H2,(H2,18,20);4,7,10-12,23H,1,3,5-6H2,2H3,(H2,16,19);3*6,8-10,17H,2-5H2,1H3,(H2,13,15)/t13?,14-,15-;10?,11-,12-;3*8?,9-,10-/m11111/s1. The summed E-state index contributed by atoms with van der Waals surface area (Å²) in [5.41, 5.74) is 28.4. The quantitative estimate of drug-likeness (QED) is 0.0312. The molecule has 12 rings (SSSR count). The molecule has 2 aromatic rings. The molecule has 0 amide bonds. The number of nitrogens with two attached hydrogens (primary N) is 5. The van der Waals surface area contributed by atoms with Crippen LogP contribution < -0.4 is 28.7 Å². The molecule has 118 heavy (non-hydrogen) atoms. The predicted molar refractivity (Wildman–Crippen MR) is 443 cm³/mol. The monoisotopic (exact) mass is 1740 g/mol. The molecule has 50 heteroatoms. The van der Waals surface area contributed by atoms with Crippen molar-refractivity contribution < 1.29 is 92.5 Å². The first kappa shape index (κ1) is 92.6. The van der Waals surface area contributed by atoms with Gasteiger partial charge in [0.25, 0.3) is 5.69 Å². The largest absolute Gasteiger partial charge is 0.508 e. The molecule has 1 aromatic heterocycles. The molecule has 640 valence electrons. The highest BCUT2D eigenvalue weighted by atomic mass is 32.2. The van der Waals surface area contributed by atoms with Gasteiger partial charge in [-0.1, -0.05) is 58.6 Å². The Morgan fingerprint density at radius 1 is 0.432 bits per heavy atom. The molecule has 15 atom stereocenters. The van der Waals surface area contributed by atoms with Gasteiger partial charge in [-0.2, -0.15) is 25.0 Å². The highest BCUT2D eigenvalue weighted by Gasteiger charge is 2.44. The third-order valence-electron chi connectivity index (χ3n) is 17.7. The fraction of sp³-hybridized carbons (Fsp3) is 0.500. The van der Waals surface area contributed by atoms with Gasteiger partial charge < -0.3 is 122 Å². The van der Waals surface area contributed by atoms with Crippen LogP contribution in [0.25, 0.3) is 0 Å². The minimum atomic E-state index is -0.952. The van der Waals surface area contributed by atoms with E-state index in [9.17, 15) is 69.7 Å². The van der Waals surface area contributed by atoms with Crippen molar-refractivity contribution in [2.45, 2.75) is 169 Å². The molecule has 5 saturated heterocycles. The third kappa shape index (κ3) is 26.8. The van der Waals surface area contributed by atoms with E-state index in [-0.39, 0.29) is 159 Å². The first-order valence-electron chi connectivity index (χ1n) is 36.0. The maximum absolute atomic E-state index is 11.8. The molecule has 0 saturated carbocycles. The summed E-state index contributed by atoms with van der Waals surface area (Å²) < 4.78 is 36.6. The Bertz CT molecular complexity index is 4160. The molecule has 15 N–H and O–H groups in total. The molecule has 0 radical (unpaired) electrons. The Labute approximate surface area is 696 Å². The molecule has 0 bridgehead atoms. The number of benzene rings is 1. The molecule has 11 heterocycles. The highest BCUT2D eigenvalue weighted by Crippen LogP contribution is 2.43. The first-order chi connectivity index (χ1) is 56.1. The van der Waals surface area contributed by atoms with Gasteiger partial charge in [0.2, 0.25) is 29.8 Å². The summed E-state index contributed by atoms with van der Waals surface area (Å²) in [6.45, 7) is 24.5. The number of imidazole rings is 1. The number of non-ortho nitro benzene ring substituents is 1. The Morgan fingerprint density at radius 3 is 0.932 bits per heavy atom. The Kier molecular flexibility index (Phi) is 34.6. The molecular weight excluding hydrogens is 1650 g/mol. The van der Waals surface area contributed by atoms with Gasteiger partial charge in [0.15, 0.2) is 12.3 Å². The molecular formula is C68H92N24O21S5. The van der Waals surface area contributed by atoms with Crippen molar-refractivity contribution in [1.82, 2.24) is 34.1 Å². The smallest absolute Gasteiger partial charge is 0.464 e. The number of nitrogens with zero attached hydrogens (tertiary/aromatic N) is 19. The van der Waals surface area contributed by atoms with E-state index in [0.29, 0.717) is 91.7 Å². The van der Waals surface area contributed by atoms with Crippen LogP contribution in [0.1, 0.15) is 83.4 Å². The van der Waals surface area contributed by atoms with Crippen molar-refractivity contribution in [3.8, 4) is 0 Å². The number of hydrogen-bond acceptors (Lipinski definition) is 47. The third-order valence-corrected chi connectivity index (χ3v) is 25.4.